The van der Waals surface area contributed by atoms with E-state index >= 15 is 0 Å². The van der Waals surface area contributed by atoms with Crippen molar-refractivity contribution < 1.29 is 9.53 Å². The number of carbonyl (C=O) groups excluding carboxylic acids is 1. The summed E-state index contributed by atoms with van der Waals surface area (Å²) in [6.07, 6.45) is 8.10. The first-order valence-corrected chi connectivity index (χ1v) is 7.50. The summed E-state index contributed by atoms with van der Waals surface area (Å²) in [6, 6.07) is 7.78. The third-order valence-electron chi connectivity index (χ3n) is 3.49. The Kier molecular flexibility index (Phi) is 5.54. The summed E-state index contributed by atoms with van der Waals surface area (Å²) in [7, 11) is 0. The number of nitrogens with one attached hydrogen (secondary N) is 1. The van der Waals surface area contributed by atoms with Crippen LogP contribution in [0.1, 0.15) is 18.1 Å². The molecule has 0 bridgehead atoms. The molecule has 0 spiro atoms. The van der Waals surface area contributed by atoms with E-state index in [1.165, 1.54) is 6.08 Å². The van der Waals surface area contributed by atoms with Gasteiger partial charge in [-0.15, -0.1) is 0 Å². The number of fused-ring (bicyclic) bond motifs is 1. The van der Waals surface area contributed by atoms with Crippen molar-refractivity contribution in [1.82, 2.24) is 4.98 Å². The summed E-state index contributed by atoms with van der Waals surface area (Å²) in [4.78, 5) is 15.1. The molecule has 0 saturated carbocycles. The van der Waals surface area contributed by atoms with Gasteiger partial charge in [0.1, 0.15) is 6.07 Å². The highest BCUT2D eigenvalue weighted by Gasteiger charge is 2.15. The first kappa shape index (κ1) is 17.0. The summed E-state index contributed by atoms with van der Waals surface area (Å²) in [5.74, 6) is -0.449. The molecule has 0 aliphatic heterocycles. The number of ether oxygens (including phenoxy) is 1. The van der Waals surface area contributed by atoms with Crippen LogP contribution in [0.4, 0.5) is 0 Å². The first-order chi connectivity index (χ1) is 11.7. The van der Waals surface area contributed by atoms with Crippen LogP contribution in [0.15, 0.2) is 67.4 Å². The number of rotatable bonds is 6. The molecule has 1 N–H and O–H groups in total. The van der Waals surface area contributed by atoms with Gasteiger partial charge in [-0.3, -0.25) is 0 Å². The fourth-order valence-electron chi connectivity index (χ4n) is 2.51. The van der Waals surface area contributed by atoms with E-state index in [4.69, 9.17) is 4.74 Å². The van der Waals surface area contributed by atoms with Crippen molar-refractivity contribution in [3.05, 3.63) is 78.6 Å². The lowest BCUT2D eigenvalue weighted by atomic mass is 9.93. The highest BCUT2D eigenvalue weighted by molar-refractivity contribution is 6.05. The van der Waals surface area contributed by atoms with Crippen molar-refractivity contribution >= 4 is 22.4 Å². The Balaban J connectivity index is 2.77. The molecule has 0 amide bonds. The molecule has 0 aliphatic rings. The zero-order chi connectivity index (χ0) is 17.5. The van der Waals surface area contributed by atoms with Crippen LogP contribution in [0.3, 0.4) is 0 Å². The summed E-state index contributed by atoms with van der Waals surface area (Å²) in [6.45, 7) is 9.54. The Bertz CT molecular complexity index is 892. The van der Waals surface area contributed by atoms with Crippen molar-refractivity contribution in [2.24, 2.45) is 0 Å². The molecule has 4 heteroatoms. The molecule has 1 heterocycles. The number of aromatic nitrogens is 1. The van der Waals surface area contributed by atoms with Crippen LogP contribution in [0.25, 0.3) is 16.5 Å². The predicted molar refractivity (Wildman–Crippen MR) is 96.1 cm³/mol. The minimum atomic E-state index is -0.449. The van der Waals surface area contributed by atoms with E-state index in [-0.39, 0.29) is 6.61 Å². The van der Waals surface area contributed by atoms with Crippen molar-refractivity contribution in [1.29, 1.82) is 5.26 Å². The lowest BCUT2D eigenvalue weighted by Crippen LogP contribution is -2.02. The molecule has 0 radical (unpaired) electrons. The van der Waals surface area contributed by atoms with Gasteiger partial charge in [0.2, 0.25) is 0 Å². The number of hydrogen-bond donors (Lipinski definition) is 1. The fourth-order valence-corrected chi connectivity index (χ4v) is 2.51. The van der Waals surface area contributed by atoms with Gasteiger partial charge in [0.05, 0.1) is 12.2 Å². The number of esters is 1. The van der Waals surface area contributed by atoms with E-state index in [2.05, 4.69) is 24.2 Å². The molecule has 1 aromatic carbocycles. The van der Waals surface area contributed by atoms with E-state index < -0.39 is 5.97 Å². The Morgan fingerprint density at radius 3 is 2.83 bits per heavy atom. The summed E-state index contributed by atoms with van der Waals surface area (Å²) in [5, 5.41) is 10.1. The minimum absolute atomic E-state index is 0.287. The highest BCUT2D eigenvalue weighted by atomic mass is 16.5. The predicted octanol–water partition coefficient (Wildman–Crippen LogP) is 4.28. The van der Waals surface area contributed by atoms with Gasteiger partial charge >= 0.3 is 5.97 Å². The maximum Gasteiger partial charge on any atom is 0.331 e. The molecule has 0 aliphatic carbocycles. The normalized spacial score (nSPS) is 11.8. The Hall–Kier alpha value is -3.32. The molecular weight excluding hydrogens is 300 g/mol. The summed E-state index contributed by atoms with van der Waals surface area (Å²) in [5.41, 5.74) is 3.44. The number of carbonyl (C=O) groups is 1. The van der Waals surface area contributed by atoms with Gasteiger partial charge in [0.15, 0.2) is 0 Å². The number of nitriles is 1. The van der Waals surface area contributed by atoms with Crippen LogP contribution in [0, 0.1) is 11.3 Å². The van der Waals surface area contributed by atoms with Crippen molar-refractivity contribution in [3.63, 3.8) is 0 Å². The van der Waals surface area contributed by atoms with Crippen LogP contribution in [0.2, 0.25) is 0 Å². The van der Waals surface area contributed by atoms with E-state index in [9.17, 15) is 10.1 Å². The van der Waals surface area contributed by atoms with Gasteiger partial charge in [-0.1, -0.05) is 43.5 Å². The van der Waals surface area contributed by atoms with E-state index in [1.54, 1.807) is 31.3 Å². The van der Waals surface area contributed by atoms with Gasteiger partial charge in [0.25, 0.3) is 0 Å². The molecular formula is C20H18N2O2. The lowest BCUT2D eigenvalue weighted by Gasteiger charge is -2.11. The molecule has 0 atom stereocenters. The van der Waals surface area contributed by atoms with Gasteiger partial charge in [-0.05, 0) is 29.7 Å². The topological polar surface area (TPSA) is 65.9 Å². The van der Waals surface area contributed by atoms with E-state index in [0.717, 1.165) is 22.0 Å². The van der Waals surface area contributed by atoms with Gasteiger partial charge in [0, 0.05) is 23.2 Å². The monoisotopic (exact) mass is 318 g/mol. The average Bonchev–Trinajstić information content (AvgIpc) is 3.01. The second-order valence-corrected chi connectivity index (χ2v) is 4.91. The number of H-pyrrole nitrogens is 1. The van der Waals surface area contributed by atoms with Crippen LogP contribution in [-0.2, 0) is 9.53 Å². The van der Waals surface area contributed by atoms with Crippen LogP contribution in [0.5, 0.6) is 0 Å². The fraction of sp³-hybridized carbons (Fsp3) is 0.100. The van der Waals surface area contributed by atoms with Gasteiger partial charge < -0.3 is 9.72 Å². The number of allylic oxidation sites excluding steroid dienone is 5. The second-order valence-electron chi connectivity index (χ2n) is 4.91. The molecule has 0 unspecified atom stereocenters. The zero-order valence-electron chi connectivity index (χ0n) is 13.5. The van der Waals surface area contributed by atoms with Crippen LogP contribution in [-0.4, -0.2) is 17.6 Å². The highest BCUT2D eigenvalue weighted by Crippen LogP contribution is 2.32. The number of nitrogens with zero attached hydrogens (tertiary/aromatic N) is 1. The van der Waals surface area contributed by atoms with Crippen LogP contribution < -0.4 is 0 Å². The van der Waals surface area contributed by atoms with Crippen molar-refractivity contribution in [3.8, 4) is 6.07 Å². The molecule has 24 heavy (non-hydrogen) atoms. The second kappa shape index (κ2) is 7.80. The van der Waals surface area contributed by atoms with Gasteiger partial charge in [-0.2, -0.15) is 5.26 Å². The Morgan fingerprint density at radius 2 is 2.21 bits per heavy atom. The molecule has 2 aromatic rings. The first-order valence-electron chi connectivity index (χ1n) is 7.50. The maximum absolute atomic E-state index is 12.0. The largest absolute Gasteiger partial charge is 0.463 e. The van der Waals surface area contributed by atoms with E-state index in [1.807, 2.05) is 18.2 Å². The van der Waals surface area contributed by atoms with Crippen LogP contribution >= 0.6 is 0 Å². The Labute approximate surface area is 141 Å². The van der Waals surface area contributed by atoms with Gasteiger partial charge in [-0.25, -0.2) is 4.79 Å². The number of benzene rings is 1. The van der Waals surface area contributed by atoms with E-state index in [0.29, 0.717) is 11.1 Å². The van der Waals surface area contributed by atoms with Crippen molar-refractivity contribution in [2.45, 2.75) is 6.92 Å². The number of hydrogen-bond acceptors (Lipinski definition) is 3. The molecule has 0 saturated heterocycles. The molecule has 1 aromatic heterocycles. The lowest BCUT2D eigenvalue weighted by molar-refractivity contribution is -0.137. The Morgan fingerprint density at radius 1 is 1.42 bits per heavy atom. The SMILES string of the molecule is C=C/C=C(C=C)/C(=C\C(=O)OCC)c1cccc2[nH]cc(C#N)c12. The smallest absolute Gasteiger partial charge is 0.331 e. The molecule has 0 fully saturated rings. The zero-order valence-corrected chi connectivity index (χ0v) is 13.5. The number of aromatic amines is 1. The summed E-state index contributed by atoms with van der Waals surface area (Å²) >= 11 is 0. The third kappa shape index (κ3) is 3.36. The van der Waals surface area contributed by atoms with Crippen molar-refractivity contribution in [2.75, 3.05) is 6.61 Å². The summed E-state index contributed by atoms with van der Waals surface area (Å²) < 4.78 is 5.04. The third-order valence-corrected chi connectivity index (χ3v) is 3.49. The quantitative estimate of drug-likeness (QED) is 0.491. The standard InChI is InChI=1S/C20H18N2O2/c1-4-8-14(5-2)17(11-19(23)24-6-3)16-9-7-10-18-20(16)15(12-21)13-22-18/h4-5,7-11,13,22H,1-2,6H2,3H3/b14-8+,17-11+. The minimum Gasteiger partial charge on any atom is -0.463 e. The molecule has 4 nitrogen and oxygen atoms in total. The molecule has 2 rings (SSSR count). The molecule has 120 valence electrons. The average molecular weight is 318 g/mol. The maximum atomic E-state index is 12.0.